The predicted molar refractivity (Wildman–Crippen MR) is 74.6 cm³/mol. The lowest BCUT2D eigenvalue weighted by molar-refractivity contribution is 0.209. The highest BCUT2D eigenvalue weighted by Gasteiger charge is 2.19. The Morgan fingerprint density at radius 2 is 1.94 bits per heavy atom. The number of aliphatic hydroxyl groups excluding tert-OH is 1. The SMILES string of the molecule is Cn1nnc(Br)c1C(O)c1ccc(Br)c(Br)c1. The monoisotopic (exact) mass is 423 g/mol. The van der Waals surface area contributed by atoms with Gasteiger partial charge in [-0.25, -0.2) is 4.68 Å². The van der Waals surface area contributed by atoms with Gasteiger partial charge in [0.2, 0.25) is 0 Å². The third-order valence-corrected chi connectivity index (χ3v) is 4.79. The predicted octanol–water partition coefficient (Wildman–Crippen LogP) is 3.18. The zero-order valence-electron chi connectivity index (χ0n) is 8.73. The third kappa shape index (κ3) is 2.62. The van der Waals surface area contributed by atoms with E-state index < -0.39 is 6.10 Å². The van der Waals surface area contributed by atoms with E-state index in [0.717, 1.165) is 14.5 Å². The lowest BCUT2D eigenvalue weighted by Crippen LogP contribution is -2.07. The van der Waals surface area contributed by atoms with Crippen molar-refractivity contribution in [2.24, 2.45) is 7.05 Å². The van der Waals surface area contributed by atoms with Crippen molar-refractivity contribution in [2.45, 2.75) is 6.10 Å². The van der Waals surface area contributed by atoms with Crippen LogP contribution in [0.5, 0.6) is 0 Å². The summed E-state index contributed by atoms with van der Waals surface area (Å²) in [6.07, 6.45) is -0.770. The molecule has 0 saturated heterocycles. The highest BCUT2D eigenvalue weighted by Crippen LogP contribution is 2.31. The van der Waals surface area contributed by atoms with Crippen LogP contribution in [0.25, 0.3) is 0 Å². The van der Waals surface area contributed by atoms with Crippen LogP contribution in [0.15, 0.2) is 31.7 Å². The van der Waals surface area contributed by atoms with Crippen molar-refractivity contribution in [3.8, 4) is 0 Å². The van der Waals surface area contributed by atoms with E-state index >= 15 is 0 Å². The summed E-state index contributed by atoms with van der Waals surface area (Å²) in [7, 11) is 1.74. The van der Waals surface area contributed by atoms with Gasteiger partial charge < -0.3 is 5.11 Å². The Kier molecular flexibility index (Phi) is 4.02. The fourth-order valence-corrected chi connectivity index (χ4v) is 2.66. The van der Waals surface area contributed by atoms with Gasteiger partial charge in [-0.1, -0.05) is 11.3 Å². The molecule has 1 heterocycles. The maximum atomic E-state index is 10.3. The van der Waals surface area contributed by atoms with Crippen LogP contribution in [-0.4, -0.2) is 20.1 Å². The molecule has 4 nitrogen and oxygen atoms in total. The summed E-state index contributed by atoms with van der Waals surface area (Å²) in [4.78, 5) is 0. The number of benzene rings is 1. The number of halogens is 3. The molecular weight excluding hydrogens is 418 g/mol. The number of hydrogen-bond acceptors (Lipinski definition) is 3. The summed E-state index contributed by atoms with van der Waals surface area (Å²) in [5.41, 5.74) is 1.39. The molecule has 1 N–H and O–H groups in total. The van der Waals surface area contributed by atoms with E-state index in [-0.39, 0.29) is 0 Å². The first kappa shape index (κ1) is 13.2. The normalized spacial score (nSPS) is 12.8. The summed E-state index contributed by atoms with van der Waals surface area (Å²) in [5.74, 6) is 0. The first-order valence-corrected chi connectivity index (χ1v) is 7.06. The summed E-state index contributed by atoms with van der Waals surface area (Å²) >= 11 is 10.1. The molecule has 1 atom stereocenters. The van der Waals surface area contributed by atoms with Crippen molar-refractivity contribution in [2.75, 3.05) is 0 Å². The zero-order chi connectivity index (χ0) is 12.6. The Morgan fingerprint density at radius 3 is 2.47 bits per heavy atom. The van der Waals surface area contributed by atoms with Gasteiger partial charge in [0.05, 0.1) is 0 Å². The van der Waals surface area contributed by atoms with Crippen LogP contribution < -0.4 is 0 Å². The van der Waals surface area contributed by atoms with Gasteiger partial charge in [-0.05, 0) is 65.5 Å². The Bertz CT molecular complexity index is 536. The number of rotatable bonds is 2. The molecule has 1 unspecified atom stereocenters. The van der Waals surface area contributed by atoms with Crippen molar-refractivity contribution in [3.63, 3.8) is 0 Å². The molecule has 0 aliphatic carbocycles. The van der Waals surface area contributed by atoms with E-state index in [1.165, 1.54) is 0 Å². The second-order valence-corrected chi connectivity index (χ2v) is 5.92. The molecule has 1 aromatic carbocycles. The second-order valence-electron chi connectivity index (χ2n) is 3.47. The van der Waals surface area contributed by atoms with Crippen LogP contribution in [0.2, 0.25) is 0 Å². The Hall–Kier alpha value is -0.240. The Labute approximate surface area is 123 Å². The van der Waals surface area contributed by atoms with Crippen molar-refractivity contribution >= 4 is 47.8 Å². The molecule has 0 aliphatic rings. The summed E-state index contributed by atoms with van der Waals surface area (Å²) in [6, 6.07) is 5.58. The van der Waals surface area contributed by atoms with E-state index in [2.05, 4.69) is 58.1 Å². The minimum Gasteiger partial charge on any atom is -0.382 e. The molecule has 2 rings (SSSR count). The first-order valence-electron chi connectivity index (χ1n) is 4.68. The molecule has 0 fully saturated rings. The number of nitrogens with zero attached hydrogens (tertiary/aromatic N) is 3. The van der Waals surface area contributed by atoms with Crippen molar-refractivity contribution < 1.29 is 5.11 Å². The highest BCUT2D eigenvalue weighted by molar-refractivity contribution is 9.13. The maximum absolute atomic E-state index is 10.3. The van der Waals surface area contributed by atoms with E-state index in [9.17, 15) is 5.11 Å². The molecule has 0 bridgehead atoms. The van der Waals surface area contributed by atoms with Gasteiger partial charge in [-0.3, -0.25) is 0 Å². The van der Waals surface area contributed by atoms with Crippen LogP contribution in [0.3, 0.4) is 0 Å². The van der Waals surface area contributed by atoms with E-state index in [0.29, 0.717) is 10.3 Å². The molecular formula is C10H8Br3N3O. The molecule has 1 aromatic heterocycles. The fourth-order valence-electron chi connectivity index (χ4n) is 1.47. The minimum absolute atomic E-state index is 0.548. The summed E-state index contributed by atoms with van der Waals surface area (Å²) in [5, 5.41) is 18.0. The molecule has 2 aromatic rings. The fraction of sp³-hybridized carbons (Fsp3) is 0.200. The molecule has 0 radical (unpaired) electrons. The molecule has 0 saturated carbocycles. The topological polar surface area (TPSA) is 50.9 Å². The zero-order valence-corrected chi connectivity index (χ0v) is 13.5. The lowest BCUT2D eigenvalue weighted by Gasteiger charge is -2.12. The smallest absolute Gasteiger partial charge is 0.154 e. The van der Waals surface area contributed by atoms with E-state index in [1.807, 2.05) is 18.2 Å². The summed E-state index contributed by atoms with van der Waals surface area (Å²) in [6.45, 7) is 0. The molecule has 0 spiro atoms. The molecule has 0 aliphatic heterocycles. The maximum Gasteiger partial charge on any atom is 0.154 e. The standard InChI is InChI=1S/C10H8Br3N3O/c1-16-8(10(13)14-15-16)9(17)5-2-3-6(11)7(12)4-5/h2-4,9,17H,1H3. The van der Waals surface area contributed by atoms with Gasteiger partial charge in [0.1, 0.15) is 11.8 Å². The van der Waals surface area contributed by atoms with E-state index in [1.54, 1.807) is 11.7 Å². The number of aryl methyl sites for hydroxylation is 1. The molecule has 0 amide bonds. The number of aromatic nitrogens is 3. The highest BCUT2D eigenvalue weighted by atomic mass is 79.9. The average Bonchev–Trinajstić information content (AvgIpc) is 2.62. The van der Waals surface area contributed by atoms with Crippen LogP contribution >= 0.6 is 47.8 Å². The van der Waals surface area contributed by atoms with Crippen LogP contribution in [0, 0.1) is 0 Å². The first-order chi connectivity index (χ1) is 8.00. The number of hydrogen-bond donors (Lipinski definition) is 1. The second kappa shape index (κ2) is 5.17. The van der Waals surface area contributed by atoms with Gasteiger partial charge in [0.15, 0.2) is 4.60 Å². The largest absolute Gasteiger partial charge is 0.382 e. The van der Waals surface area contributed by atoms with Gasteiger partial charge in [-0.2, -0.15) is 0 Å². The molecule has 17 heavy (non-hydrogen) atoms. The van der Waals surface area contributed by atoms with Crippen molar-refractivity contribution in [1.29, 1.82) is 0 Å². The van der Waals surface area contributed by atoms with Gasteiger partial charge in [0, 0.05) is 16.0 Å². The average molecular weight is 426 g/mol. The molecule has 90 valence electrons. The summed E-state index contributed by atoms with van der Waals surface area (Å²) < 4.78 is 3.92. The van der Waals surface area contributed by atoms with Gasteiger partial charge in [-0.15, -0.1) is 5.10 Å². The minimum atomic E-state index is -0.770. The van der Waals surface area contributed by atoms with Crippen LogP contribution in [0.4, 0.5) is 0 Å². The third-order valence-electron chi connectivity index (χ3n) is 2.35. The quantitative estimate of drug-likeness (QED) is 0.804. The van der Waals surface area contributed by atoms with Gasteiger partial charge >= 0.3 is 0 Å². The van der Waals surface area contributed by atoms with Crippen LogP contribution in [0.1, 0.15) is 17.4 Å². The number of aliphatic hydroxyl groups is 1. The van der Waals surface area contributed by atoms with Crippen LogP contribution in [-0.2, 0) is 7.05 Å². The van der Waals surface area contributed by atoms with Crippen molar-refractivity contribution in [1.82, 2.24) is 15.0 Å². The lowest BCUT2D eigenvalue weighted by atomic mass is 10.1. The van der Waals surface area contributed by atoms with Crippen molar-refractivity contribution in [3.05, 3.63) is 43.0 Å². The van der Waals surface area contributed by atoms with E-state index in [4.69, 9.17) is 0 Å². The Balaban J connectivity index is 2.43. The Morgan fingerprint density at radius 1 is 1.24 bits per heavy atom. The molecule has 7 heteroatoms. The van der Waals surface area contributed by atoms with Gasteiger partial charge in [0.25, 0.3) is 0 Å².